The standard InChI is InChI=1S/C15H18N2O2/c1-2-9-17(13-6-7-13)15(19)14-8-5-12(11-16-14)4-3-10-18/h5,8,11,13,18H,2,6-7,9-10H2,1H3. The molecule has 19 heavy (non-hydrogen) atoms. The summed E-state index contributed by atoms with van der Waals surface area (Å²) >= 11 is 0. The molecule has 1 aromatic heterocycles. The fourth-order valence-electron chi connectivity index (χ4n) is 1.96. The highest BCUT2D eigenvalue weighted by atomic mass is 16.2. The fraction of sp³-hybridized carbons (Fsp3) is 0.467. The van der Waals surface area contributed by atoms with Gasteiger partial charge in [-0.15, -0.1) is 0 Å². The van der Waals surface area contributed by atoms with Crippen molar-refractivity contribution in [1.82, 2.24) is 9.88 Å². The van der Waals surface area contributed by atoms with Gasteiger partial charge in [0.1, 0.15) is 12.3 Å². The molecular formula is C15H18N2O2. The van der Waals surface area contributed by atoms with Crippen LogP contribution in [0.15, 0.2) is 18.3 Å². The van der Waals surface area contributed by atoms with Crippen molar-refractivity contribution in [2.45, 2.75) is 32.2 Å². The Kier molecular flexibility index (Phi) is 4.53. The van der Waals surface area contributed by atoms with Crippen molar-refractivity contribution in [3.63, 3.8) is 0 Å². The zero-order valence-electron chi connectivity index (χ0n) is 11.1. The molecule has 100 valence electrons. The van der Waals surface area contributed by atoms with Crippen molar-refractivity contribution < 1.29 is 9.90 Å². The summed E-state index contributed by atoms with van der Waals surface area (Å²) in [5, 5.41) is 8.62. The van der Waals surface area contributed by atoms with Crippen LogP contribution in [0.4, 0.5) is 0 Å². The van der Waals surface area contributed by atoms with Gasteiger partial charge in [-0.3, -0.25) is 4.79 Å². The predicted octanol–water partition coefficient (Wildman–Crippen LogP) is 1.44. The van der Waals surface area contributed by atoms with Crippen LogP contribution in [0.1, 0.15) is 42.2 Å². The van der Waals surface area contributed by atoms with Gasteiger partial charge >= 0.3 is 0 Å². The molecule has 0 saturated heterocycles. The summed E-state index contributed by atoms with van der Waals surface area (Å²) in [6, 6.07) is 3.87. The molecule has 4 nitrogen and oxygen atoms in total. The molecule has 0 aliphatic heterocycles. The van der Waals surface area contributed by atoms with Gasteiger partial charge in [0.15, 0.2) is 0 Å². The maximum atomic E-state index is 12.3. The molecule has 4 heteroatoms. The van der Waals surface area contributed by atoms with Gasteiger partial charge in [-0.25, -0.2) is 4.98 Å². The van der Waals surface area contributed by atoms with E-state index in [9.17, 15) is 4.79 Å². The molecular weight excluding hydrogens is 240 g/mol. The number of aromatic nitrogens is 1. The zero-order chi connectivity index (χ0) is 13.7. The molecule has 1 aromatic rings. The van der Waals surface area contributed by atoms with Crippen molar-refractivity contribution in [3.8, 4) is 11.8 Å². The van der Waals surface area contributed by atoms with E-state index in [0.717, 1.165) is 25.8 Å². The smallest absolute Gasteiger partial charge is 0.272 e. The third-order valence-corrected chi connectivity index (χ3v) is 3.01. The van der Waals surface area contributed by atoms with Crippen LogP contribution < -0.4 is 0 Å². The Morgan fingerprint density at radius 3 is 2.84 bits per heavy atom. The molecule has 1 aliphatic carbocycles. The molecule has 0 spiro atoms. The van der Waals surface area contributed by atoms with Gasteiger partial charge in [0.25, 0.3) is 5.91 Å². The normalized spacial score (nSPS) is 13.6. The van der Waals surface area contributed by atoms with Crippen LogP contribution in [-0.2, 0) is 0 Å². The number of hydrogen-bond donors (Lipinski definition) is 1. The van der Waals surface area contributed by atoms with Crippen molar-refractivity contribution in [2.75, 3.05) is 13.2 Å². The summed E-state index contributed by atoms with van der Waals surface area (Å²) in [6.45, 7) is 2.69. The lowest BCUT2D eigenvalue weighted by Gasteiger charge is -2.21. The van der Waals surface area contributed by atoms with Gasteiger partial charge in [-0.1, -0.05) is 18.8 Å². The molecule has 1 heterocycles. The van der Waals surface area contributed by atoms with Crippen molar-refractivity contribution in [1.29, 1.82) is 0 Å². The van der Waals surface area contributed by atoms with E-state index in [1.165, 1.54) is 0 Å². The van der Waals surface area contributed by atoms with Gasteiger partial charge in [-0.2, -0.15) is 0 Å². The molecule has 1 fully saturated rings. The summed E-state index contributed by atoms with van der Waals surface area (Å²) in [5.74, 6) is 5.32. The molecule has 0 unspecified atom stereocenters. The SMILES string of the molecule is CCCN(C(=O)c1ccc(C#CCO)cn1)C1CC1. The molecule has 0 radical (unpaired) electrons. The average molecular weight is 258 g/mol. The van der Waals surface area contributed by atoms with E-state index in [0.29, 0.717) is 17.3 Å². The number of aliphatic hydroxyl groups is 1. The Bertz CT molecular complexity index is 495. The van der Waals surface area contributed by atoms with Crippen LogP contribution in [0.25, 0.3) is 0 Å². The van der Waals surface area contributed by atoms with Gasteiger partial charge < -0.3 is 10.0 Å². The maximum absolute atomic E-state index is 12.3. The lowest BCUT2D eigenvalue weighted by atomic mass is 10.2. The summed E-state index contributed by atoms with van der Waals surface area (Å²) in [6.07, 6.45) is 4.74. The van der Waals surface area contributed by atoms with Crippen LogP contribution in [0.2, 0.25) is 0 Å². The molecule has 1 aliphatic rings. The first-order valence-corrected chi connectivity index (χ1v) is 6.63. The van der Waals surface area contributed by atoms with E-state index in [1.54, 1.807) is 18.3 Å². The predicted molar refractivity (Wildman–Crippen MR) is 72.6 cm³/mol. The maximum Gasteiger partial charge on any atom is 0.272 e. The van der Waals surface area contributed by atoms with E-state index in [-0.39, 0.29) is 12.5 Å². The largest absolute Gasteiger partial charge is 0.384 e. The first kappa shape index (κ1) is 13.6. The summed E-state index contributed by atoms with van der Waals surface area (Å²) in [4.78, 5) is 18.4. The number of pyridine rings is 1. The highest BCUT2D eigenvalue weighted by Crippen LogP contribution is 2.28. The van der Waals surface area contributed by atoms with E-state index in [4.69, 9.17) is 5.11 Å². The molecule has 2 rings (SSSR count). The second kappa shape index (κ2) is 6.35. The van der Waals surface area contributed by atoms with Crippen molar-refractivity contribution >= 4 is 5.91 Å². The third-order valence-electron chi connectivity index (χ3n) is 3.01. The molecule has 1 amide bonds. The van der Waals surface area contributed by atoms with Crippen molar-refractivity contribution in [2.24, 2.45) is 0 Å². The van der Waals surface area contributed by atoms with Gasteiger partial charge in [0, 0.05) is 24.3 Å². The Morgan fingerprint density at radius 2 is 2.32 bits per heavy atom. The minimum atomic E-state index is -0.174. The monoisotopic (exact) mass is 258 g/mol. The van der Waals surface area contributed by atoms with Gasteiger partial charge in [-0.05, 0) is 31.4 Å². The average Bonchev–Trinajstić information content (AvgIpc) is 3.27. The van der Waals surface area contributed by atoms with Crippen LogP contribution in [0.5, 0.6) is 0 Å². The van der Waals surface area contributed by atoms with E-state index in [2.05, 4.69) is 23.7 Å². The molecule has 1 saturated carbocycles. The number of aliphatic hydroxyl groups excluding tert-OH is 1. The third kappa shape index (κ3) is 3.55. The summed E-state index contributed by atoms with van der Waals surface area (Å²) in [5.41, 5.74) is 1.17. The Labute approximate surface area is 113 Å². The van der Waals surface area contributed by atoms with E-state index < -0.39 is 0 Å². The number of carbonyl (C=O) groups excluding carboxylic acids is 1. The Balaban J connectivity index is 2.09. The second-order valence-corrected chi connectivity index (χ2v) is 4.62. The number of carbonyl (C=O) groups is 1. The first-order chi connectivity index (χ1) is 9.26. The number of nitrogens with zero attached hydrogens (tertiary/aromatic N) is 2. The van der Waals surface area contributed by atoms with Crippen LogP contribution in [0, 0.1) is 11.8 Å². The lowest BCUT2D eigenvalue weighted by Crippen LogP contribution is -2.34. The summed E-state index contributed by atoms with van der Waals surface area (Å²) in [7, 11) is 0. The Hall–Kier alpha value is -1.86. The second-order valence-electron chi connectivity index (χ2n) is 4.62. The van der Waals surface area contributed by atoms with Crippen molar-refractivity contribution in [3.05, 3.63) is 29.6 Å². The van der Waals surface area contributed by atoms with Crippen LogP contribution >= 0.6 is 0 Å². The van der Waals surface area contributed by atoms with E-state index >= 15 is 0 Å². The number of rotatable bonds is 4. The number of hydrogen-bond acceptors (Lipinski definition) is 3. The lowest BCUT2D eigenvalue weighted by molar-refractivity contribution is 0.0737. The topological polar surface area (TPSA) is 53.4 Å². The first-order valence-electron chi connectivity index (χ1n) is 6.63. The zero-order valence-corrected chi connectivity index (χ0v) is 11.1. The van der Waals surface area contributed by atoms with Gasteiger partial charge in [0.2, 0.25) is 0 Å². The van der Waals surface area contributed by atoms with Gasteiger partial charge in [0.05, 0.1) is 0 Å². The van der Waals surface area contributed by atoms with E-state index in [1.807, 2.05) is 4.90 Å². The molecule has 1 N–H and O–H groups in total. The minimum Gasteiger partial charge on any atom is -0.384 e. The quantitative estimate of drug-likeness (QED) is 0.831. The fourth-order valence-corrected chi connectivity index (χ4v) is 1.96. The molecule has 0 aromatic carbocycles. The minimum absolute atomic E-state index is 0.00557. The van der Waals surface area contributed by atoms with Crippen LogP contribution in [0.3, 0.4) is 0 Å². The Morgan fingerprint density at radius 1 is 1.53 bits per heavy atom. The molecule has 0 atom stereocenters. The summed E-state index contributed by atoms with van der Waals surface area (Å²) < 4.78 is 0. The van der Waals surface area contributed by atoms with Crippen LogP contribution in [-0.4, -0.2) is 40.1 Å². The number of amides is 1. The highest BCUT2D eigenvalue weighted by Gasteiger charge is 2.32. The molecule has 0 bridgehead atoms. The highest BCUT2D eigenvalue weighted by molar-refractivity contribution is 5.92.